The lowest BCUT2D eigenvalue weighted by Gasteiger charge is -2.19. The Balaban J connectivity index is 1.77. The molecule has 1 heterocycles. The van der Waals surface area contributed by atoms with Crippen molar-refractivity contribution < 1.29 is 9.59 Å². The molecule has 2 rings (SSSR count). The smallest absolute Gasteiger partial charge is 0.286 e. The highest BCUT2D eigenvalue weighted by molar-refractivity contribution is 5.93. The fraction of sp³-hybridized carbons (Fsp3) is 0.333. The van der Waals surface area contributed by atoms with Gasteiger partial charge in [0.1, 0.15) is 5.69 Å². The minimum atomic E-state index is -0.363. The molecule has 2 amide bonds. The fourth-order valence-electron chi connectivity index (χ4n) is 2.16. The fourth-order valence-corrected chi connectivity index (χ4v) is 2.16. The van der Waals surface area contributed by atoms with E-state index < -0.39 is 0 Å². The molecule has 0 saturated heterocycles. The number of benzene rings is 1. The molecule has 0 aliphatic heterocycles. The summed E-state index contributed by atoms with van der Waals surface area (Å²) in [6.07, 6.45) is 2.60. The Labute approximate surface area is 136 Å². The molecule has 0 atom stereocenters. The number of nitrogens with one attached hydrogen (secondary N) is 3. The molecule has 1 aromatic carbocycles. The molecule has 0 saturated carbocycles. The van der Waals surface area contributed by atoms with Crippen LogP contribution in [0, 0.1) is 0 Å². The molecule has 122 valence electrons. The predicted octanol–water partition coefficient (Wildman–Crippen LogP) is 2.71. The largest absolute Gasteiger partial charge is 0.357 e. The minimum Gasteiger partial charge on any atom is -0.357 e. The third-order valence-electron chi connectivity index (χ3n) is 3.62. The maximum absolute atomic E-state index is 11.8. The summed E-state index contributed by atoms with van der Waals surface area (Å²) >= 11 is 0. The Kier molecular flexibility index (Phi) is 5.21. The Morgan fingerprint density at radius 2 is 1.74 bits per heavy atom. The van der Waals surface area contributed by atoms with Gasteiger partial charge in [0.05, 0.1) is 0 Å². The van der Waals surface area contributed by atoms with Gasteiger partial charge in [-0.25, -0.2) is 0 Å². The van der Waals surface area contributed by atoms with Crippen molar-refractivity contribution in [3.63, 3.8) is 0 Å². The summed E-state index contributed by atoms with van der Waals surface area (Å²) < 4.78 is 0. The monoisotopic (exact) mass is 313 g/mol. The topological polar surface area (TPSA) is 74.0 Å². The molecule has 0 aliphatic carbocycles. The van der Waals surface area contributed by atoms with Crippen molar-refractivity contribution in [3.8, 4) is 0 Å². The van der Waals surface area contributed by atoms with Gasteiger partial charge < -0.3 is 4.98 Å². The lowest BCUT2D eigenvalue weighted by molar-refractivity contribution is -0.121. The summed E-state index contributed by atoms with van der Waals surface area (Å²) in [6.45, 7) is 6.51. The highest BCUT2D eigenvalue weighted by Crippen LogP contribution is 2.22. The van der Waals surface area contributed by atoms with Gasteiger partial charge in [-0.3, -0.25) is 20.4 Å². The van der Waals surface area contributed by atoms with Crippen LogP contribution in [0.4, 0.5) is 0 Å². The van der Waals surface area contributed by atoms with Gasteiger partial charge >= 0.3 is 0 Å². The van der Waals surface area contributed by atoms with Crippen LogP contribution in [0.15, 0.2) is 42.6 Å². The normalized spacial score (nSPS) is 11.1. The van der Waals surface area contributed by atoms with E-state index in [1.54, 1.807) is 18.3 Å². The maximum atomic E-state index is 11.8. The van der Waals surface area contributed by atoms with Crippen molar-refractivity contribution in [1.29, 1.82) is 0 Å². The van der Waals surface area contributed by atoms with Gasteiger partial charge in [-0.2, -0.15) is 0 Å². The van der Waals surface area contributed by atoms with Crippen LogP contribution >= 0.6 is 0 Å². The van der Waals surface area contributed by atoms with E-state index in [1.165, 1.54) is 5.56 Å². The van der Waals surface area contributed by atoms with Gasteiger partial charge in [-0.05, 0) is 35.1 Å². The summed E-state index contributed by atoms with van der Waals surface area (Å²) in [6, 6.07) is 11.6. The molecule has 2 aromatic rings. The molecule has 0 aliphatic rings. The van der Waals surface area contributed by atoms with Gasteiger partial charge in [-0.1, -0.05) is 45.0 Å². The second-order valence-electron chi connectivity index (χ2n) is 6.53. The Bertz CT molecular complexity index is 653. The molecule has 23 heavy (non-hydrogen) atoms. The van der Waals surface area contributed by atoms with E-state index >= 15 is 0 Å². The minimum absolute atomic E-state index is 0.123. The molecule has 0 radical (unpaired) electrons. The van der Waals surface area contributed by atoms with Crippen molar-refractivity contribution in [2.75, 3.05) is 0 Å². The summed E-state index contributed by atoms with van der Waals surface area (Å²) in [5.74, 6) is -0.581. The quantitative estimate of drug-likeness (QED) is 0.759. The molecular formula is C18H23N3O2. The number of carbonyl (C=O) groups excluding carboxylic acids is 2. The van der Waals surface area contributed by atoms with Crippen LogP contribution < -0.4 is 10.9 Å². The molecule has 5 nitrogen and oxygen atoms in total. The van der Waals surface area contributed by atoms with Crippen molar-refractivity contribution in [2.24, 2.45) is 0 Å². The number of hydrogen-bond acceptors (Lipinski definition) is 2. The highest BCUT2D eigenvalue weighted by Gasteiger charge is 2.13. The average Bonchev–Trinajstić information content (AvgIpc) is 3.04. The van der Waals surface area contributed by atoms with E-state index in [-0.39, 0.29) is 17.2 Å². The van der Waals surface area contributed by atoms with E-state index in [9.17, 15) is 9.59 Å². The first-order chi connectivity index (χ1) is 10.9. The van der Waals surface area contributed by atoms with Crippen molar-refractivity contribution in [1.82, 2.24) is 15.8 Å². The number of aromatic amines is 1. The van der Waals surface area contributed by atoms with Gasteiger partial charge in [0.25, 0.3) is 5.91 Å². The van der Waals surface area contributed by atoms with Crippen LogP contribution in [-0.4, -0.2) is 16.8 Å². The number of hydrazine groups is 1. The molecule has 1 aromatic heterocycles. The summed E-state index contributed by atoms with van der Waals surface area (Å²) in [5, 5.41) is 0. The third kappa shape index (κ3) is 4.98. The van der Waals surface area contributed by atoms with E-state index in [4.69, 9.17) is 0 Å². The van der Waals surface area contributed by atoms with Gasteiger partial charge in [0.15, 0.2) is 0 Å². The number of amides is 2. The Hall–Kier alpha value is -2.56. The van der Waals surface area contributed by atoms with Crippen LogP contribution in [0.3, 0.4) is 0 Å². The van der Waals surface area contributed by atoms with Crippen LogP contribution in [0.5, 0.6) is 0 Å². The number of carbonyl (C=O) groups is 2. The zero-order chi connectivity index (χ0) is 16.9. The Morgan fingerprint density at radius 3 is 2.30 bits per heavy atom. The third-order valence-corrected chi connectivity index (χ3v) is 3.62. The summed E-state index contributed by atoms with van der Waals surface area (Å²) in [7, 11) is 0. The standard InChI is InChI=1S/C18H23N3O2/c1-18(2,3)14-9-6-13(7-10-14)8-11-16(22)20-21-17(23)15-5-4-12-19-15/h4-7,9-10,12,19H,8,11H2,1-3H3,(H,20,22)(H,21,23). The number of aromatic nitrogens is 1. The lowest BCUT2D eigenvalue weighted by atomic mass is 9.86. The molecule has 0 bridgehead atoms. The second kappa shape index (κ2) is 7.13. The van der Waals surface area contributed by atoms with Gasteiger partial charge in [0.2, 0.25) is 5.91 Å². The zero-order valence-corrected chi connectivity index (χ0v) is 13.8. The molecule has 0 spiro atoms. The number of H-pyrrole nitrogens is 1. The van der Waals surface area contributed by atoms with Gasteiger partial charge in [-0.15, -0.1) is 0 Å². The number of rotatable bonds is 4. The highest BCUT2D eigenvalue weighted by atomic mass is 16.2. The molecule has 3 N–H and O–H groups in total. The second-order valence-corrected chi connectivity index (χ2v) is 6.53. The predicted molar refractivity (Wildman–Crippen MR) is 89.9 cm³/mol. The first-order valence-electron chi connectivity index (χ1n) is 7.68. The summed E-state index contributed by atoms with van der Waals surface area (Å²) in [5.41, 5.74) is 7.70. The molecular weight excluding hydrogens is 290 g/mol. The first kappa shape index (κ1) is 16.8. The van der Waals surface area contributed by atoms with Crippen LogP contribution in [0.1, 0.15) is 48.8 Å². The average molecular weight is 313 g/mol. The van der Waals surface area contributed by atoms with Crippen LogP contribution in [-0.2, 0) is 16.6 Å². The van der Waals surface area contributed by atoms with E-state index in [2.05, 4.69) is 48.7 Å². The van der Waals surface area contributed by atoms with Gasteiger partial charge in [0, 0.05) is 12.6 Å². The maximum Gasteiger partial charge on any atom is 0.286 e. The van der Waals surface area contributed by atoms with Crippen LogP contribution in [0.25, 0.3) is 0 Å². The lowest BCUT2D eigenvalue weighted by Crippen LogP contribution is -2.41. The van der Waals surface area contributed by atoms with Crippen molar-refractivity contribution in [2.45, 2.75) is 39.0 Å². The van der Waals surface area contributed by atoms with E-state index in [1.807, 2.05) is 12.1 Å². The zero-order valence-electron chi connectivity index (χ0n) is 13.8. The summed E-state index contributed by atoms with van der Waals surface area (Å²) in [4.78, 5) is 26.2. The van der Waals surface area contributed by atoms with Crippen LogP contribution in [0.2, 0.25) is 0 Å². The van der Waals surface area contributed by atoms with Crippen molar-refractivity contribution in [3.05, 3.63) is 59.4 Å². The van der Waals surface area contributed by atoms with E-state index in [0.717, 1.165) is 5.56 Å². The molecule has 0 unspecified atom stereocenters. The molecule has 5 heteroatoms. The number of hydrogen-bond donors (Lipinski definition) is 3. The van der Waals surface area contributed by atoms with Crippen molar-refractivity contribution >= 4 is 11.8 Å². The SMILES string of the molecule is CC(C)(C)c1ccc(CCC(=O)NNC(=O)c2ccc[nH]2)cc1. The number of aryl methyl sites for hydroxylation is 1. The Morgan fingerprint density at radius 1 is 1.04 bits per heavy atom. The van der Waals surface area contributed by atoms with E-state index in [0.29, 0.717) is 18.5 Å². The first-order valence-corrected chi connectivity index (χ1v) is 7.68. The molecule has 0 fully saturated rings.